The fraction of sp³-hybridized carbons (Fsp3) is 0.615. The number of hydrogen-bond acceptors (Lipinski definition) is 5. The molecule has 0 saturated carbocycles. The van der Waals surface area contributed by atoms with Gasteiger partial charge in [-0.3, -0.25) is 10.1 Å². The van der Waals surface area contributed by atoms with Crippen LogP contribution in [-0.4, -0.2) is 29.0 Å². The summed E-state index contributed by atoms with van der Waals surface area (Å²) in [6.07, 6.45) is 3.79. The molecule has 2 N–H and O–H groups in total. The lowest BCUT2D eigenvalue weighted by Gasteiger charge is -2.40. The van der Waals surface area contributed by atoms with Crippen molar-refractivity contribution < 1.29 is 4.92 Å². The highest BCUT2D eigenvalue weighted by Crippen LogP contribution is 2.29. The molecule has 1 aliphatic rings. The van der Waals surface area contributed by atoms with Crippen molar-refractivity contribution in [2.45, 2.75) is 32.7 Å². The van der Waals surface area contributed by atoms with Crippen molar-refractivity contribution in [3.05, 3.63) is 27.9 Å². The smallest absolute Gasteiger partial charge is 0.277 e. The summed E-state index contributed by atoms with van der Waals surface area (Å²) in [5.41, 5.74) is 6.56. The van der Waals surface area contributed by atoms with Crippen LogP contribution < -0.4 is 10.6 Å². The number of hydrogen-bond donors (Lipinski definition) is 1. The van der Waals surface area contributed by atoms with Crippen LogP contribution in [0.4, 0.5) is 11.5 Å². The molecule has 6 heteroatoms. The lowest BCUT2D eigenvalue weighted by atomic mass is 9.91. The second kappa shape index (κ2) is 5.52. The number of aryl methyl sites for hydroxylation is 1. The van der Waals surface area contributed by atoms with Gasteiger partial charge < -0.3 is 10.6 Å². The van der Waals surface area contributed by atoms with Crippen LogP contribution in [0.5, 0.6) is 0 Å². The maximum Gasteiger partial charge on any atom is 0.277 e. The average Bonchev–Trinajstić information content (AvgIpc) is 2.38. The lowest BCUT2D eigenvalue weighted by molar-refractivity contribution is -0.385. The molecular formula is C13H20N4O2. The molecule has 6 nitrogen and oxygen atoms in total. The molecule has 1 saturated heterocycles. The third kappa shape index (κ3) is 2.68. The topological polar surface area (TPSA) is 85.3 Å². The van der Waals surface area contributed by atoms with Crippen LogP contribution in [-0.2, 0) is 0 Å². The van der Waals surface area contributed by atoms with Crippen LogP contribution in [0.2, 0.25) is 0 Å². The number of nitro groups is 1. The molecule has 1 aromatic rings. The van der Waals surface area contributed by atoms with Crippen molar-refractivity contribution in [2.24, 2.45) is 11.7 Å². The van der Waals surface area contributed by atoms with E-state index in [1.54, 1.807) is 19.2 Å². The average molecular weight is 264 g/mol. The minimum absolute atomic E-state index is 0.124. The number of aromatic nitrogens is 1. The predicted octanol–water partition coefficient (Wildman–Crippen LogP) is 1.86. The zero-order chi connectivity index (χ0) is 14.0. The highest BCUT2D eigenvalue weighted by atomic mass is 16.6. The van der Waals surface area contributed by atoms with Crippen LogP contribution in [0.3, 0.4) is 0 Å². The first kappa shape index (κ1) is 13.7. The minimum Gasteiger partial charge on any atom is -0.352 e. The van der Waals surface area contributed by atoms with Gasteiger partial charge in [0, 0.05) is 30.9 Å². The van der Waals surface area contributed by atoms with Crippen molar-refractivity contribution in [1.29, 1.82) is 0 Å². The Morgan fingerprint density at radius 2 is 2.37 bits per heavy atom. The van der Waals surface area contributed by atoms with Crippen molar-refractivity contribution >= 4 is 11.5 Å². The van der Waals surface area contributed by atoms with E-state index in [9.17, 15) is 10.1 Å². The monoisotopic (exact) mass is 264 g/mol. The molecular weight excluding hydrogens is 244 g/mol. The Hall–Kier alpha value is -1.69. The molecule has 0 spiro atoms. The molecule has 1 fully saturated rings. The lowest BCUT2D eigenvalue weighted by Crippen LogP contribution is -2.49. The van der Waals surface area contributed by atoms with Gasteiger partial charge in [-0.05, 0) is 25.7 Å². The second-order valence-corrected chi connectivity index (χ2v) is 5.20. The van der Waals surface area contributed by atoms with Gasteiger partial charge in [-0.2, -0.15) is 0 Å². The van der Waals surface area contributed by atoms with E-state index in [1.807, 2.05) is 0 Å². The van der Waals surface area contributed by atoms with Crippen LogP contribution >= 0.6 is 0 Å². The number of rotatable bonds is 3. The standard InChI is InChI=1S/C13H20N4O2/c1-9-4-3-5-16(12(9)7-14)13-6-11(17(18)19)10(2)8-15-13/h6,8-9,12H,3-5,7,14H2,1-2H3. The number of anilines is 1. The molecule has 2 heterocycles. The first-order chi connectivity index (χ1) is 9.04. The summed E-state index contributed by atoms with van der Waals surface area (Å²) in [6, 6.07) is 1.78. The molecule has 2 unspecified atom stereocenters. The van der Waals surface area contributed by atoms with Crippen molar-refractivity contribution in [3.8, 4) is 0 Å². The zero-order valence-electron chi connectivity index (χ0n) is 11.4. The van der Waals surface area contributed by atoms with Gasteiger partial charge in [0.1, 0.15) is 5.82 Å². The highest BCUT2D eigenvalue weighted by molar-refractivity contribution is 5.51. The first-order valence-corrected chi connectivity index (χ1v) is 6.62. The quantitative estimate of drug-likeness (QED) is 0.665. The fourth-order valence-corrected chi connectivity index (χ4v) is 2.75. The van der Waals surface area contributed by atoms with Gasteiger partial charge in [-0.1, -0.05) is 6.92 Å². The van der Waals surface area contributed by atoms with Crippen molar-refractivity contribution in [3.63, 3.8) is 0 Å². The van der Waals surface area contributed by atoms with E-state index in [0.717, 1.165) is 19.4 Å². The van der Waals surface area contributed by atoms with E-state index in [4.69, 9.17) is 5.73 Å². The van der Waals surface area contributed by atoms with Gasteiger partial charge in [-0.25, -0.2) is 4.98 Å². The highest BCUT2D eigenvalue weighted by Gasteiger charge is 2.29. The normalized spacial score (nSPS) is 23.4. The molecule has 1 aliphatic heterocycles. The van der Waals surface area contributed by atoms with E-state index in [0.29, 0.717) is 23.8 Å². The minimum atomic E-state index is -0.356. The van der Waals surface area contributed by atoms with Gasteiger partial charge in [0.05, 0.1) is 11.0 Å². The summed E-state index contributed by atoms with van der Waals surface area (Å²) in [4.78, 5) is 17.1. The maximum absolute atomic E-state index is 11.0. The predicted molar refractivity (Wildman–Crippen MR) is 74.2 cm³/mol. The van der Waals surface area contributed by atoms with Crippen LogP contribution in [0.1, 0.15) is 25.3 Å². The Kier molecular flexibility index (Phi) is 3.99. The molecule has 104 valence electrons. The summed E-state index contributed by atoms with van der Waals surface area (Å²) < 4.78 is 0. The summed E-state index contributed by atoms with van der Waals surface area (Å²) >= 11 is 0. The molecule has 0 radical (unpaired) electrons. The molecule has 1 aromatic heterocycles. The van der Waals surface area contributed by atoms with E-state index < -0.39 is 0 Å². The van der Waals surface area contributed by atoms with Gasteiger partial charge in [0.25, 0.3) is 5.69 Å². The fourth-order valence-electron chi connectivity index (χ4n) is 2.75. The molecule has 0 aliphatic carbocycles. The van der Waals surface area contributed by atoms with Crippen LogP contribution in [0, 0.1) is 23.0 Å². The maximum atomic E-state index is 11.0. The van der Waals surface area contributed by atoms with Gasteiger partial charge in [0.2, 0.25) is 0 Å². The molecule has 0 bridgehead atoms. The summed E-state index contributed by atoms with van der Waals surface area (Å²) in [5.74, 6) is 1.15. The number of nitrogens with two attached hydrogens (primary N) is 1. The zero-order valence-corrected chi connectivity index (χ0v) is 11.4. The number of pyridine rings is 1. The summed E-state index contributed by atoms with van der Waals surface area (Å²) in [7, 11) is 0. The Morgan fingerprint density at radius 3 is 3.00 bits per heavy atom. The van der Waals surface area contributed by atoms with Gasteiger partial charge >= 0.3 is 0 Å². The third-order valence-corrected chi connectivity index (χ3v) is 3.91. The number of nitrogens with zero attached hydrogens (tertiary/aromatic N) is 3. The van der Waals surface area contributed by atoms with Crippen molar-refractivity contribution in [2.75, 3.05) is 18.0 Å². The Morgan fingerprint density at radius 1 is 1.63 bits per heavy atom. The van der Waals surface area contributed by atoms with E-state index in [2.05, 4.69) is 16.8 Å². The molecule has 2 rings (SSSR count). The van der Waals surface area contributed by atoms with Crippen LogP contribution in [0.25, 0.3) is 0 Å². The third-order valence-electron chi connectivity index (χ3n) is 3.91. The molecule has 0 aromatic carbocycles. The van der Waals surface area contributed by atoms with Gasteiger partial charge in [-0.15, -0.1) is 0 Å². The second-order valence-electron chi connectivity index (χ2n) is 5.20. The van der Waals surface area contributed by atoms with E-state index in [1.165, 1.54) is 0 Å². The van der Waals surface area contributed by atoms with E-state index >= 15 is 0 Å². The van der Waals surface area contributed by atoms with Gasteiger partial charge in [0.15, 0.2) is 0 Å². The summed E-state index contributed by atoms with van der Waals surface area (Å²) in [6.45, 7) is 5.28. The van der Waals surface area contributed by atoms with Crippen molar-refractivity contribution in [1.82, 2.24) is 4.98 Å². The van der Waals surface area contributed by atoms with Crippen LogP contribution in [0.15, 0.2) is 12.3 Å². The summed E-state index contributed by atoms with van der Waals surface area (Å²) in [5, 5.41) is 11.0. The Bertz CT molecular complexity index is 478. The first-order valence-electron chi connectivity index (χ1n) is 6.62. The van der Waals surface area contributed by atoms with E-state index in [-0.39, 0.29) is 16.7 Å². The number of piperidine rings is 1. The molecule has 2 atom stereocenters. The Labute approximate surface area is 112 Å². The molecule has 0 amide bonds. The largest absolute Gasteiger partial charge is 0.352 e. The Balaban J connectivity index is 2.34. The SMILES string of the molecule is Cc1cnc(N2CCCC(C)C2CN)cc1[N+](=O)[O-]. The molecule has 19 heavy (non-hydrogen) atoms.